The SMILES string of the molecule is Cc1csc(Cc2nc(C)c(C)c(Cl)n2)n1. The molecule has 0 saturated carbocycles. The average Bonchev–Trinajstić information content (AvgIpc) is 2.60. The predicted octanol–water partition coefficient (Wildman–Crippen LogP) is 3.10. The van der Waals surface area contributed by atoms with Crippen LogP contribution in [0.5, 0.6) is 0 Å². The molecule has 0 saturated heterocycles. The van der Waals surface area contributed by atoms with Crippen LogP contribution in [0.25, 0.3) is 0 Å². The van der Waals surface area contributed by atoms with Crippen LogP contribution >= 0.6 is 22.9 Å². The molecule has 0 atom stereocenters. The molecule has 0 N–H and O–H groups in total. The van der Waals surface area contributed by atoms with E-state index < -0.39 is 0 Å². The summed E-state index contributed by atoms with van der Waals surface area (Å²) in [5.41, 5.74) is 2.92. The van der Waals surface area contributed by atoms with Crippen LogP contribution in [0.15, 0.2) is 5.38 Å². The molecule has 3 nitrogen and oxygen atoms in total. The van der Waals surface area contributed by atoms with Gasteiger partial charge in [0.2, 0.25) is 0 Å². The minimum Gasteiger partial charge on any atom is -0.246 e. The lowest BCUT2D eigenvalue weighted by molar-refractivity contribution is 0.917. The molecule has 0 fully saturated rings. The van der Waals surface area contributed by atoms with E-state index in [9.17, 15) is 0 Å². The van der Waals surface area contributed by atoms with Crippen LogP contribution in [0.1, 0.15) is 27.8 Å². The van der Waals surface area contributed by atoms with Crippen molar-refractivity contribution in [1.82, 2.24) is 15.0 Å². The third-order valence-corrected chi connectivity index (χ3v) is 3.69. The molecule has 16 heavy (non-hydrogen) atoms. The Morgan fingerprint density at radius 2 is 1.94 bits per heavy atom. The second-order valence-electron chi connectivity index (χ2n) is 3.70. The van der Waals surface area contributed by atoms with E-state index in [1.165, 1.54) is 0 Å². The summed E-state index contributed by atoms with van der Waals surface area (Å²) in [6.07, 6.45) is 0.652. The molecule has 0 aliphatic rings. The van der Waals surface area contributed by atoms with Crippen molar-refractivity contribution in [2.24, 2.45) is 0 Å². The van der Waals surface area contributed by atoms with Crippen molar-refractivity contribution in [3.05, 3.63) is 38.3 Å². The topological polar surface area (TPSA) is 38.7 Å². The van der Waals surface area contributed by atoms with Crippen molar-refractivity contribution in [3.8, 4) is 0 Å². The summed E-state index contributed by atoms with van der Waals surface area (Å²) in [7, 11) is 0. The van der Waals surface area contributed by atoms with Crippen LogP contribution in [0, 0.1) is 20.8 Å². The Bertz CT molecular complexity index is 499. The first-order valence-electron chi connectivity index (χ1n) is 4.97. The molecular weight excluding hydrogens is 242 g/mol. The molecule has 0 aliphatic carbocycles. The van der Waals surface area contributed by atoms with Crippen molar-refractivity contribution in [3.63, 3.8) is 0 Å². The normalized spacial score (nSPS) is 10.8. The molecule has 0 aromatic carbocycles. The Balaban J connectivity index is 2.28. The second-order valence-corrected chi connectivity index (χ2v) is 5.00. The van der Waals surface area contributed by atoms with Gasteiger partial charge >= 0.3 is 0 Å². The summed E-state index contributed by atoms with van der Waals surface area (Å²) in [4.78, 5) is 13.1. The summed E-state index contributed by atoms with van der Waals surface area (Å²) in [5.74, 6) is 0.738. The number of thiazole rings is 1. The van der Waals surface area contributed by atoms with Gasteiger partial charge in [0.25, 0.3) is 0 Å². The fourth-order valence-corrected chi connectivity index (χ4v) is 2.35. The van der Waals surface area contributed by atoms with Crippen LogP contribution < -0.4 is 0 Å². The highest BCUT2D eigenvalue weighted by atomic mass is 35.5. The molecule has 0 amide bonds. The number of halogens is 1. The van der Waals surface area contributed by atoms with Gasteiger partial charge in [-0.25, -0.2) is 15.0 Å². The van der Waals surface area contributed by atoms with Crippen LogP contribution in [0.3, 0.4) is 0 Å². The van der Waals surface area contributed by atoms with Crippen molar-refractivity contribution < 1.29 is 0 Å². The number of rotatable bonds is 2. The van der Waals surface area contributed by atoms with E-state index >= 15 is 0 Å². The van der Waals surface area contributed by atoms with Crippen molar-refractivity contribution in [2.75, 3.05) is 0 Å². The summed E-state index contributed by atoms with van der Waals surface area (Å²) < 4.78 is 0. The Kier molecular flexibility index (Phi) is 3.21. The van der Waals surface area contributed by atoms with Crippen LogP contribution in [-0.4, -0.2) is 15.0 Å². The highest BCUT2D eigenvalue weighted by Crippen LogP contribution is 2.17. The molecular formula is C11H12ClN3S. The van der Waals surface area contributed by atoms with E-state index in [1.54, 1.807) is 11.3 Å². The van der Waals surface area contributed by atoms with E-state index in [0.717, 1.165) is 27.8 Å². The fraction of sp³-hybridized carbons (Fsp3) is 0.364. The van der Waals surface area contributed by atoms with Crippen molar-refractivity contribution in [2.45, 2.75) is 27.2 Å². The molecule has 0 radical (unpaired) electrons. The molecule has 2 heterocycles. The monoisotopic (exact) mass is 253 g/mol. The zero-order chi connectivity index (χ0) is 11.7. The maximum Gasteiger partial charge on any atom is 0.137 e. The highest BCUT2D eigenvalue weighted by Gasteiger charge is 2.08. The summed E-state index contributed by atoms with van der Waals surface area (Å²) in [6, 6.07) is 0. The quantitative estimate of drug-likeness (QED) is 0.772. The first-order valence-corrected chi connectivity index (χ1v) is 6.22. The van der Waals surface area contributed by atoms with Crippen molar-refractivity contribution in [1.29, 1.82) is 0 Å². The van der Waals surface area contributed by atoms with E-state index in [1.807, 2.05) is 26.2 Å². The van der Waals surface area contributed by atoms with Gasteiger partial charge in [-0.1, -0.05) is 11.6 Å². The lowest BCUT2D eigenvalue weighted by Crippen LogP contribution is -2.01. The van der Waals surface area contributed by atoms with Crippen molar-refractivity contribution >= 4 is 22.9 Å². The Labute approximate surface area is 104 Å². The van der Waals surface area contributed by atoms with Crippen LogP contribution in [-0.2, 0) is 6.42 Å². The third-order valence-electron chi connectivity index (χ3n) is 2.35. The van der Waals surface area contributed by atoms with Gasteiger partial charge < -0.3 is 0 Å². The molecule has 0 unspecified atom stereocenters. The molecule has 2 aromatic heterocycles. The lowest BCUT2D eigenvalue weighted by atomic mass is 10.2. The molecule has 84 valence electrons. The molecule has 5 heteroatoms. The van der Waals surface area contributed by atoms with E-state index in [-0.39, 0.29) is 0 Å². The molecule has 0 bridgehead atoms. The number of hydrogen-bond donors (Lipinski definition) is 0. The van der Waals surface area contributed by atoms with Gasteiger partial charge in [-0.2, -0.15) is 0 Å². The van der Waals surface area contributed by atoms with Crippen LogP contribution in [0.4, 0.5) is 0 Å². The van der Waals surface area contributed by atoms with Gasteiger partial charge in [0, 0.05) is 22.3 Å². The number of aromatic nitrogens is 3. The fourth-order valence-electron chi connectivity index (χ4n) is 1.35. The van der Waals surface area contributed by atoms with Gasteiger partial charge in [0.05, 0.1) is 6.42 Å². The Hall–Kier alpha value is -1.00. The van der Waals surface area contributed by atoms with Gasteiger partial charge in [0.1, 0.15) is 16.0 Å². The first-order chi connectivity index (χ1) is 7.56. The maximum atomic E-state index is 6.02. The van der Waals surface area contributed by atoms with Gasteiger partial charge in [-0.15, -0.1) is 11.3 Å². The molecule has 2 rings (SSSR count). The average molecular weight is 254 g/mol. The Morgan fingerprint density at radius 1 is 1.19 bits per heavy atom. The van der Waals surface area contributed by atoms with E-state index in [2.05, 4.69) is 15.0 Å². The zero-order valence-electron chi connectivity index (χ0n) is 9.41. The zero-order valence-corrected chi connectivity index (χ0v) is 11.0. The van der Waals surface area contributed by atoms with Gasteiger partial charge in [0.15, 0.2) is 0 Å². The van der Waals surface area contributed by atoms with E-state index in [4.69, 9.17) is 11.6 Å². The maximum absolute atomic E-state index is 6.02. The largest absolute Gasteiger partial charge is 0.246 e. The second kappa shape index (κ2) is 4.47. The summed E-state index contributed by atoms with van der Waals surface area (Å²) in [6.45, 7) is 5.85. The number of nitrogens with zero attached hydrogens (tertiary/aromatic N) is 3. The van der Waals surface area contributed by atoms with Gasteiger partial charge in [-0.05, 0) is 20.8 Å². The minimum absolute atomic E-state index is 0.538. The predicted molar refractivity (Wildman–Crippen MR) is 66.2 cm³/mol. The summed E-state index contributed by atoms with van der Waals surface area (Å²) >= 11 is 7.65. The smallest absolute Gasteiger partial charge is 0.137 e. The molecule has 0 aliphatic heterocycles. The molecule has 0 spiro atoms. The molecule has 2 aromatic rings. The number of hydrogen-bond acceptors (Lipinski definition) is 4. The number of aryl methyl sites for hydroxylation is 2. The first kappa shape index (κ1) is 11.5. The highest BCUT2D eigenvalue weighted by molar-refractivity contribution is 7.09. The minimum atomic E-state index is 0.538. The van der Waals surface area contributed by atoms with Gasteiger partial charge in [-0.3, -0.25) is 0 Å². The summed E-state index contributed by atoms with van der Waals surface area (Å²) in [5, 5.41) is 3.59. The van der Waals surface area contributed by atoms with E-state index in [0.29, 0.717) is 11.6 Å². The van der Waals surface area contributed by atoms with Crippen LogP contribution in [0.2, 0.25) is 5.15 Å². The third kappa shape index (κ3) is 2.39. The lowest BCUT2D eigenvalue weighted by Gasteiger charge is -2.04. The standard InChI is InChI=1S/C11H12ClN3S/c1-6-5-16-10(13-6)4-9-14-8(3)7(2)11(12)15-9/h5H,4H2,1-3H3. The Morgan fingerprint density at radius 3 is 2.50 bits per heavy atom.